The fourth-order valence-electron chi connectivity index (χ4n) is 1.94. The minimum absolute atomic E-state index is 0. The van der Waals surface area contributed by atoms with Gasteiger partial charge in [0.15, 0.2) is 0 Å². The first-order chi connectivity index (χ1) is 7.86. The third-order valence-electron chi connectivity index (χ3n) is 2.89. The van der Waals surface area contributed by atoms with Crippen LogP contribution in [0.15, 0.2) is 24.5 Å². The molecule has 0 aliphatic carbocycles. The summed E-state index contributed by atoms with van der Waals surface area (Å²) < 4.78 is 0. The summed E-state index contributed by atoms with van der Waals surface area (Å²) in [6.45, 7) is 2.87. The van der Waals surface area contributed by atoms with Crippen LogP contribution >= 0.6 is 24.8 Å². The lowest BCUT2D eigenvalue weighted by molar-refractivity contribution is 0.0944. The monoisotopic (exact) mass is 291 g/mol. The summed E-state index contributed by atoms with van der Waals surface area (Å²) >= 11 is 0. The predicted octanol–water partition coefficient (Wildman–Crippen LogP) is 1.65. The minimum Gasteiger partial charge on any atom is -0.352 e. The molecule has 1 amide bonds. The van der Waals surface area contributed by atoms with Crippen molar-refractivity contribution in [2.75, 3.05) is 19.6 Å². The Hall–Kier alpha value is -0.840. The van der Waals surface area contributed by atoms with Gasteiger partial charge in [0, 0.05) is 24.5 Å². The van der Waals surface area contributed by atoms with Crippen molar-refractivity contribution >= 4 is 30.7 Å². The molecule has 6 heteroatoms. The quantitative estimate of drug-likeness (QED) is 0.891. The standard InChI is InChI=1S/C12H17N3O.2ClH/c16-12(11-3-6-13-7-4-11)15-9-10-2-1-5-14-8-10;;/h3-4,6-7,10,14H,1-2,5,8-9H2,(H,15,16);2*1H. The van der Waals surface area contributed by atoms with E-state index in [0.29, 0.717) is 11.5 Å². The summed E-state index contributed by atoms with van der Waals surface area (Å²) in [4.78, 5) is 15.6. The summed E-state index contributed by atoms with van der Waals surface area (Å²) in [6, 6.07) is 3.46. The molecule has 0 radical (unpaired) electrons. The van der Waals surface area contributed by atoms with E-state index in [1.165, 1.54) is 12.8 Å². The highest BCUT2D eigenvalue weighted by Crippen LogP contribution is 2.08. The Balaban J connectivity index is 0.00000144. The number of nitrogens with zero attached hydrogens (tertiary/aromatic N) is 1. The maximum absolute atomic E-state index is 11.7. The van der Waals surface area contributed by atoms with Crippen LogP contribution in [0.5, 0.6) is 0 Å². The van der Waals surface area contributed by atoms with E-state index in [1.807, 2.05) is 0 Å². The molecular formula is C12H19Cl2N3O. The third kappa shape index (κ3) is 5.21. The van der Waals surface area contributed by atoms with Gasteiger partial charge in [0.25, 0.3) is 5.91 Å². The molecule has 0 bridgehead atoms. The Bertz CT molecular complexity index is 342. The van der Waals surface area contributed by atoms with Crippen LogP contribution in [0.2, 0.25) is 0 Å². The second-order valence-electron chi connectivity index (χ2n) is 4.16. The summed E-state index contributed by atoms with van der Waals surface area (Å²) in [6.07, 6.45) is 5.67. The zero-order valence-electron chi connectivity index (χ0n) is 10.1. The highest BCUT2D eigenvalue weighted by atomic mass is 35.5. The highest BCUT2D eigenvalue weighted by Gasteiger charge is 2.14. The maximum Gasteiger partial charge on any atom is 0.251 e. The lowest BCUT2D eigenvalue weighted by atomic mass is 10.00. The van der Waals surface area contributed by atoms with Crippen molar-refractivity contribution in [3.8, 4) is 0 Å². The van der Waals surface area contributed by atoms with Crippen LogP contribution in [0, 0.1) is 5.92 Å². The smallest absolute Gasteiger partial charge is 0.251 e. The van der Waals surface area contributed by atoms with Gasteiger partial charge >= 0.3 is 0 Å². The fourth-order valence-corrected chi connectivity index (χ4v) is 1.94. The molecule has 4 nitrogen and oxygen atoms in total. The number of aromatic nitrogens is 1. The van der Waals surface area contributed by atoms with E-state index >= 15 is 0 Å². The molecule has 102 valence electrons. The van der Waals surface area contributed by atoms with Crippen LogP contribution in [0.3, 0.4) is 0 Å². The van der Waals surface area contributed by atoms with Crippen LogP contribution < -0.4 is 10.6 Å². The molecule has 1 aliphatic rings. The Labute approximate surface area is 120 Å². The van der Waals surface area contributed by atoms with Crippen molar-refractivity contribution in [2.45, 2.75) is 12.8 Å². The minimum atomic E-state index is -0.00651. The number of carbonyl (C=O) groups excluding carboxylic acids is 1. The molecule has 1 saturated heterocycles. The van der Waals surface area contributed by atoms with E-state index in [1.54, 1.807) is 24.5 Å². The Kier molecular flexibility index (Phi) is 8.71. The number of halogens is 2. The average Bonchev–Trinajstić information content (AvgIpc) is 2.38. The van der Waals surface area contributed by atoms with Crippen LogP contribution in [0.4, 0.5) is 0 Å². The molecule has 1 aromatic rings. The number of nitrogens with one attached hydrogen (secondary N) is 2. The molecule has 2 rings (SSSR count). The number of amides is 1. The second-order valence-corrected chi connectivity index (χ2v) is 4.16. The summed E-state index contributed by atoms with van der Waals surface area (Å²) in [5.41, 5.74) is 0.679. The number of carbonyl (C=O) groups is 1. The largest absolute Gasteiger partial charge is 0.352 e. The summed E-state index contributed by atoms with van der Waals surface area (Å²) in [5.74, 6) is 0.563. The number of pyridine rings is 1. The van der Waals surface area contributed by atoms with Gasteiger partial charge in [-0.2, -0.15) is 0 Å². The molecular weight excluding hydrogens is 273 g/mol. The molecule has 1 aromatic heterocycles. The Morgan fingerprint density at radius 2 is 2.11 bits per heavy atom. The van der Waals surface area contributed by atoms with Gasteiger partial charge in [0.05, 0.1) is 0 Å². The van der Waals surface area contributed by atoms with Gasteiger partial charge in [-0.05, 0) is 44.0 Å². The van der Waals surface area contributed by atoms with Gasteiger partial charge in [-0.15, -0.1) is 24.8 Å². The second kappa shape index (κ2) is 9.14. The van der Waals surface area contributed by atoms with Gasteiger partial charge < -0.3 is 10.6 Å². The predicted molar refractivity (Wildman–Crippen MR) is 76.7 cm³/mol. The summed E-state index contributed by atoms with van der Waals surface area (Å²) in [5, 5.41) is 6.30. The maximum atomic E-state index is 11.7. The van der Waals surface area contributed by atoms with E-state index in [4.69, 9.17) is 0 Å². The molecule has 1 unspecified atom stereocenters. The number of piperidine rings is 1. The highest BCUT2D eigenvalue weighted by molar-refractivity contribution is 5.93. The van der Waals surface area contributed by atoms with Crippen LogP contribution in [0.1, 0.15) is 23.2 Å². The molecule has 1 aliphatic heterocycles. The van der Waals surface area contributed by atoms with Crippen molar-refractivity contribution in [2.24, 2.45) is 5.92 Å². The van der Waals surface area contributed by atoms with Gasteiger partial charge in [-0.3, -0.25) is 9.78 Å². The molecule has 2 heterocycles. The lowest BCUT2D eigenvalue weighted by Crippen LogP contribution is -2.38. The van der Waals surface area contributed by atoms with Gasteiger partial charge in [-0.25, -0.2) is 0 Å². The molecule has 1 fully saturated rings. The molecule has 18 heavy (non-hydrogen) atoms. The Morgan fingerprint density at radius 3 is 2.72 bits per heavy atom. The first-order valence-electron chi connectivity index (χ1n) is 5.75. The van der Waals surface area contributed by atoms with Crippen LogP contribution in [-0.4, -0.2) is 30.5 Å². The number of hydrogen-bond acceptors (Lipinski definition) is 3. The van der Waals surface area contributed by atoms with E-state index in [9.17, 15) is 4.79 Å². The zero-order valence-corrected chi connectivity index (χ0v) is 11.7. The number of rotatable bonds is 3. The summed E-state index contributed by atoms with van der Waals surface area (Å²) in [7, 11) is 0. The lowest BCUT2D eigenvalue weighted by Gasteiger charge is -2.22. The topological polar surface area (TPSA) is 54.0 Å². The molecule has 0 spiro atoms. The Morgan fingerprint density at radius 1 is 1.39 bits per heavy atom. The molecule has 0 saturated carbocycles. The van der Waals surface area contributed by atoms with Crippen molar-refractivity contribution in [1.82, 2.24) is 15.6 Å². The average molecular weight is 292 g/mol. The number of hydrogen-bond donors (Lipinski definition) is 2. The first-order valence-corrected chi connectivity index (χ1v) is 5.75. The van der Waals surface area contributed by atoms with E-state index in [2.05, 4.69) is 15.6 Å². The van der Waals surface area contributed by atoms with E-state index in [-0.39, 0.29) is 30.7 Å². The van der Waals surface area contributed by atoms with Crippen molar-refractivity contribution in [3.63, 3.8) is 0 Å². The van der Waals surface area contributed by atoms with Crippen molar-refractivity contribution < 1.29 is 4.79 Å². The first kappa shape index (κ1) is 17.2. The zero-order chi connectivity index (χ0) is 11.2. The van der Waals surface area contributed by atoms with Gasteiger partial charge in [0.2, 0.25) is 0 Å². The SMILES string of the molecule is Cl.Cl.O=C(NCC1CCCNC1)c1ccncc1. The van der Waals surface area contributed by atoms with Crippen LogP contribution in [-0.2, 0) is 0 Å². The van der Waals surface area contributed by atoms with Crippen molar-refractivity contribution in [3.05, 3.63) is 30.1 Å². The molecule has 2 N–H and O–H groups in total. The van der Waals surface area contributed by atoms with Gasteiger partial charge in [0.1, 0.15) is 0 Å². The molecule has 0 aromatic carbocycles. The van der Waals surface area contributed by atoms with Crippen LogP contribution in [0.25, 0.3) is 0 Å². The molecule has 1 atom stereocenters. The van der Waals surface area contributed by atoms with E-state index < -0.39 is 0 Å². The van der Waals surface area contributed by atoms with Gasteiger partial charge in [-0.1, -0.05) is 0 Å². The third-order valence-corrected chi connectivity index (χ3v) is 2.89. The normalized spacial score (nSPS) is 18.1. The van der Waals surface area contributed by atoms with E-state index in [0.717, 1.165) is 19.6 Å². The fraction of sp³-hybridized carbons (Fsp3) is 0.500. The van der Waals surface area contributed by atoms with Crippen molar-refractivity contribution in [1.29, 1.82) is 0 Å².